The fourth-order valence-electron chi connectivity index (χ4n) is 10.2. The largest absolute Gasteiger partial charge is 0.309 e. The molecule has 61 heavy (non-hydrogen) atoms. The van der Waals surface area contributed by atoms with Gasteiger partial charge in [-0.2, -0.15) is 0 Å². The molecule has 0 unspecified atom stereocenters. The molecule has 0 bridgehead atoms. The predicted octanol–water partition coefficient (Wildman–Crippen LogP) is 14.9. The quantitative estimate of drug-likeness (QED) is 0.167. The summed E-state index contributed by atoms with van der Waals surface area (Å²) < 4.78 is 2.47. The van der Waals surface area contributed by atoms with E-state index in [0.717, 1.165) is 38.5 Å². The van der Waals surface area contributed by atoms with E-state index in [0.29, 0.717) is 17.5 Å². The van der Waals surface area contributed by atoms with Gasteiger partial charge < -0.3 is 4.57 Å². The molecule has 0 atom stereocenters. The molecule has 0 fully saturated rings. The lowest BCUT2D eigenvalue weighted by Gasteiger charge is -2.42. The van der Waals surface area contributed by atoms with Gasteiger partial charge >= 0.3 is 0 Å². The van der Waals surface area contributed by atoms with E-state index in [1.54, 1.807) is 0 Å². The highest BCUT2D eigenvalue weighted by molar-refractivity contribution is 6.21. The molecule has 0 spiro atoms. The van der Waals surface area contributed by atoms with Gasteiger partial charge in [-0.15, -0.1) is 0 Å². The first-order valence-corrected chi connectivity index (χ1v) is 21.5. The van der Waals surface area contributed by atoms with Crippen molar-refractivity contribution in [2.24, 2.45) is 0 Å². The van der Waals surface area contributed by atoms with Crippen LogP contribution in [0.2, 0.25) is 0 Å². The lowest BCUT2D eigenvalue weighted by Crippen LogP contribution is -2.33. The molecule has 2 aromatic heterocycles. The third-order valence-corrected chi connectivity index (χ3v) is 13.7. The van der Waals surface area contributed by atoms with Gasteiger partial charge in [-0.25, -0.2) is 15.0 Å². The van der Waals surface area contributed by atoms with Crippen molar-refractivity contribution in [2.45, 2.75) is 51.4 Å². The molecule has 0 amide bonds. The summed E-state index contributed by atoms with van der Waals surface area (Å²) in [6.07, 6.45) is 2.35. The Morgan fingerprint density at radius 3 is 1.70 bits per heavy atom. The molecule has 11 aromatic rings. The summed E-state index contributed by atoms with van der Waals surface area (Å²) >= 11 is 0. The smallest absolute Gasteiger partial charge is 0.164 e. The average Bonchev–Trinajstić information content (AvgIpc) is 3.63. The summed E-state index contributed by atoms with van der Waals surface area (Å²) in [5.41, 5.74) is 9.57. The van der Waals surface area contributed by atoms with Crippen molar-refractivity contribution < 1.29 is 0 Å². The van der Waals surface area contributed by atoms with Gasteiger partial charge in [0.15, 0.2) is 17.5 Å². The molecule has 0 saturated carbocycles. The second kappa shape index (κ2) is 13.2. The zero-order valence-corrected chi connectivity index (χ0v) is 34.9. The minimum atomic E-state index is 0.0851. The van der Waals surface area contributed by atoms with Gasteiger partial charge in [0, 0.05) is 33.2 Å². The summed E-state index contributed by atoms with van der Waals surface area (Å²) in [6.45, 7) is 9.67. The molecule has 0 radical (unpaired) electrons. The molecular weight excluding hydrogens is 741 g/mol. The van der Waals surface area contributed by atoms with Crippen molar-refractivity contribution in [2.75, 3.05) is 0 Å². The predicted molar refractivity (Wildman–Crippen MR) is 256 cm³/mol. The molecular formula is C57H44N4. The van der Waals surface area contributed by atoms with Crippen molar-refractivity contribution in [3.63, 3.8) is 0 Å². The van der Waals surface area contributed by atoms with Gasteiger partial charge in [0.1, 0.15) is 0 Å². The van der Waals surface area contributed by atoms with E-state index in [1.165, 1.54) is 72.7 Å². The van der Waals surface area contributed by atoms with Gasteiger partial charge in [-0.05, 0) is 132 Å². The number of hydrogen-bond donors (Lipinski definition) is 0. The van der Waals surface area contributed by atoms with Crippen LogP contribution in [0.25, 0.3) is 105 Å². The lowest BCUT2D eigenvalue weighted by molar-refractivity contribution is 0.332. The molecule has 12 rings (SSSR count). The summed E-state index contributed by atoms with van der Waals surface area (Å²) in [7, 11) is 0. The molecule has 4 heteroatoms. The summed E-state index contributed by atoms with van der Waals surface area (Å²) in [4.78, 5) is 15.8. The minimum absolute atomic E-state index is 0.0851. The van der Waals surface area contributed by atoms with Crippen LogP contribution in [0.3, 0.4) is 0 Å². The van der Waals surface area contributed by atoms with E-state index in [9.17, 15) is 0 Å². The highest BCUT2D eigenvalue weighted by Crippen LogP contribution is 2.49. The molecule has 1 aliphatic rings. The van der Waals surface area contributed by atoms with Crippen LogP contribution in [-0.4, -0.2) is 19.5 Å². The number of benzene rings is 9. The maximum absolute atomic E-state index is 5.29. The fraction of sp³-hybridized carbons (Fsp3) is 0.140. The standard InChI is InChI=1S/C57H44N4/c1-56(2)29-30-57(3,4)49-34-51-47(33-48(49)56)52-43-18-10-7-14-36(43)25-28-50(52)61(51)41-26-23-37(24-27-41)53-58-54(40-22-21-35-13-5-6-15-38(35)31-40)60-55(59-53)46-32-39-16-8-9-17-42(39)44-19-11-12-20-45(44)46/h5-28,31-34H,29-30H2,1-4H3. The summed E-state index contributed by atoms with van der Waals surface area (Å²) in [5, 5.41) is 12.2. The molecule has 292 valence electrons. The zero-order valence-electron chi connectivity index (χ0n) is 34.9. The van der Waals surface area contributed by atoms with Gasteiger partial charge in [-0.1, -0.05) is 143 Å². The van der Waals surface area contributed by atoms with Crippen molar-refractivity contribution in [1.29, 1.82) is 0 Å². The Balaban J connectivity index is 1.07. The van der Waals surface area contributed by atoms with Crippen LogP contribution in [0.4, 0.5) is 0 Å². The van der Waals surface area contributed by atoms with Crippen molar-refractivity contribution in [1.82, 2.24) is 19.5 Å². The molecule has 4 nitrogen and oxygen atoms in total. The maximum atomic E-state index is 5.29. The van der Waals surface area contributed by atoms with Crippen molar-refractivity contribution in [3.05, 3.63) is 181 Å². The highest BCUT2D eigenvalue weighted by atomic mass is 15.0. The van der Waals surface area contributed by atoms with Gasteiger partial charge in [0.2, 0.25) is 0 Å². The van der Waals surface area contributed by atoms with E-state index in [-0.39, 0.29) is 10.8 Å². The Hall–Kier alpha value is -7.17. The SMILES string of the molecule is CC1(C)CCC(C)(C)c2cc3c(cc21)c1c2ccccc2ccc1n3-c1ccc(-c2nc(-c3ccc4ccccc4c3)nc(-c3cc4ccccc4c4ccccc34)n2)cc1. The number of fused-ring (bicyclic) bond motifs is 10. The van der Waals surface area contributed by atoms with Gasteiger partial charge in [0.25, 0.3) is 0 Å². The second-order valence-electron chi connectivity index (χ2n) is 18.3. The minimum Gasteiger partial charge on any atom is -0.309 e. The third-order valence-electron chi connectivity index (χ3n) is 13.7. The Morgan fingerprint density at radius 2 is 0.951 bits per heavy atom. The molecule has 9 aromatic carbocycles. The van der Waals surface area contributed by atoms with Crippen LogP contribution in [0.5, 0.6) is 0 Å². The van der Waals surface area contributed by atoms with Gasteiger partial charge in [-0.3, -0.25) is 0 Å². The molecule has 1 aliphatic carbocycles. The first kappa shape index (κ1) is 35.7. The number of hydrogen-bond acceptors (Lipinski definition) is 3. The van der Waals surface area contributed by atoms with Gasteiger partial charge in [0.05, 0.1) is 11.0 Å². The Morgan fingerprint density at radius 1 is 0.393 bits per heavy atom. The van der Waals surface area contributed by atoms with Crippen LogP contribution in [0.15, 0.2) is 170 Å². The third kappa shape index (κ3) is 5.62. The van der Waals surface area contributed by atoms with Crippen LogP contribution in [0.1, 0.15) is 51.7 Å². The Labute approximate surface area is 355 Å². The van der Waals surface area contributed by atoms with Crippen molar-refractivity contribution >= 4 is 64.9 Å². The first-order chi connectivity index (χ1) is 29.7. The Kier molecular flexibility index (Phi) is 7.71. The summed E-state index contributed by atoms with van der Waals surface area (Å²) in [5.74, 6) is 1.95. The highest BCUT2D eigenvalue weighted by Gasteiger charge is 2.38. The normalized spacial score (nSPS) is 14.7. The number of aromatic nitrogens is 4. The number of nitrogens with zero attached hydrogens (tertiary/aromatic N) is 4. The van der Waals surface area contributed by atoms with E-state index in [1.807, 2.05) is 0 Å². The molecule has 0 saturated heterocycles. The molecule has 0 N–H and O–H groups in total. The lowest BCUT2D eigenvalue weighted by atomic mass is 9.63. The van der Waals surface area contributed by atoms with Crippen LogP contribution in [-0.2, 0) is 10.8 Å². The number of rotatable bonds is 4. The van der Waals surface area contributed by atoms with E-state index >= 15 is 0 Å². The molecule has 0 aliphatic heterocycles. The first-order valence-electron chi connectivity index (χ1n) is 21.5. The second-order valence-corrected chi connectivity index (χ2v) is 18.3. The van der Waals surface area contributed by atoms with Crippen LogP contribution < -0.4 is 0 Å². The van der Waals surface area contributed by atoms with E-state index in [2.05, 4.69) is 202 Å². The zero-order chi connectivity index (χ0) is 41.0. The Bertz CT molecular complexity index is 3590. The van der Waals surface area contributed by atoms with Crippen LogP contribution >= 0.6 is 0 Å². The fourth-order valence-corrected chi connectivity index (χ4v) is 10.2. The maximum Gasteiger partial charge on any atom is 0.164 e. The monoisotopic (exact) mass is 784 g/mol. The topological polar surface area (TPSA) is 43.6 Å². The van der Waals surface area contributed by atoms with E-state index < -0.39 is 0 Å². The average molecular weight is 785 g/mol. The van der Waals surface area contributed by atoms with Crippen molar-refractivity contribution in [3.8, 4) is 39.9 Å². The summed E-state index contributed by atoms with van der Waals surface area (Å²) in [6, 6.07) is 61.6. The van der Waals surface area contributed by atoms with E-state index in [4.69, 9.17) is 15.0 Å². The van der Waals surface area contributed by atoms with Crippen LogP contribution in [0, 0.1) is 0 Å². The molecule has 2 heterocycles.